The van der Waals surface area contributed by atoms with E-state index < -0.39 is 5.60 Å². The minimum atomic E-state index is -0.467. The zero-order chi connectivity index (χ0) is 18.7. The standard InChI is InChI=1S/C18H32N4O2S/c1-6-19-16(22(5)13-10-15-9-7-14-25-15)20-11-8-12-21-17(23)24-18(2,3)4/h7,9,14H,6,8,10-13H2,1-5H3,(H,19,20)(H,21,23). The summed E-state index contributed by atoms with van der Waals surface area (Å²) in [4.78, 5) is 19.7. The fourth-order valence-corrected chi connectivity index (χ4v) is 2.78. The van der Waals surface area contributed by atoms with E-state index in [2.05, 4.69) is 45.0 Å². The van der Waals surface area contributed by atoms with Gasteiger partial charge in [0.1, 0.15) is 5.60 Å². The predicted octanol–water partition coefficient (Wildman–Crippen LogP) is 3.10. The van der Waals surface area contributed by atoms with Crippen molar-refractivity contribution in [2.45, 2.75) is 46.1 Å². The van der Waals surface area contributed by atoms with E-state index in [0.29, 0.717) is 13.1 Å². The van der Waals surface area contributed by atoms with Gasteiger partial charge in [0.2, 0.25) is 0 Å². The minimum Gasteiger partial charge on any atom is -0.444 e. The summed E-state index contributed by atoms with van der Waals surface area (Å²) in [5, 5.41) is 8.17. The number of nitrogens with one attached hydrogen (secondary N) is 2. The van der Waals surface area contributed by atoms with E-state index in [1.165, 1.54) is 4.88 Å². The number of ether oxygens (including phenoxy) is 1. The SMILES string of the molecule is CCNC(=NCCCNC(=O)OC(C)(C)C)N(C)CCc1cccs1. The highest BCUT2D eigenvalue weighted by Crippen LogP contribution is 2.09. The van der Waals surface area contributed by atoms with Gasteiger partial charge in [-0.05, 0) is 52.0 Å². The van der Waals surface area contributed by atoms with E-state index in [9.17, 15) is 4.79 Å². The maximum atomic E-state index is 11.6. The van der Waals surface area contributed by atoms with Crippen molar-refractivity contribution in [2.75, 3.05) is 33.2 Å². The van der Waals surface area contributed by atoms with Gasteiger partial charge in [0.05, 0.1) is 0 Å². The molecule has 0 fully saturated rings. The van der Waals surface area contributed by atoms with Gasteiger partial charge in [0.25, 0.3) is 0 Å². The van der Waals surface area contributed by atoms with Crippen molar-refractivity contribution < 1.29 is 9.53 Å². The van der Waals surface area contributed by atoms with E-state index in [4.69, 9.17) is 4.74 Å². The Labute approximate surface area is 155 Å². The lowest BCUT2D eigenvalue weighted by atomic mass is 10.2. The lowest BCUT2D eigenvalue weighted by Crippen LogP contribution is -2.40. The number of guanidine groups is 1. The topological polar surface area (TPSA) is 66.0 Å². The first kappa shape index (κ1) is 21.3. The van der Waals surface area contributed by atoms with Crippen molar-refractivity contribution in [1.82, 2.24) is 15.5 Å². The van der Waals surface area contributed by atoms with Gasteiger partial charge in [0, 0.05) is 38.1 Å². The third kappa shape index (κ3) is 9.96. The third-order valence-electron chi connectivity index (χ3n) is 3.23. The number of hydrogen-bond donors (Lipinski definition) is 2. The molecule has 0 atom stereocenters. The fourth-order valence-electron chi connectivity index (χ4n) is 2.08. The Bertz CT molecular complexity index is 524. The molecule has 6 nitrogen and oxygen atoms in total. The Hall–Kier alpha value is -1.76. The highest BCUT2D eigenvalue weighted by Gasteiger charge is 2.15. The number of amides is 1. The van der Waals surface area contributed by atoms with Gasteiger partial charge in [-0.15, -0.1) is 11.3 Å². The molecule has 0 aliphatic carbocycles. The van der Waals surface area contributed by atoms with Crippen LogP contribution in [0.3, 0.4) is 0 Å². The number of hydrogen-bond acceptors (Lipinski definition) is 4. The van der Waals surface area contributed by atoms with Crippen LogP contribution in [0.2, 0.25) is 0 Å². The van der Waals surface area contributed by atoms with Crippen molar-refractivity contribution in [3.63, 3.8) is 0 Å². The van der Waals surface area contributed by atoms with Gasteiger partial charge in [-0.3, -0.25) is 4.99 Å². The molecule has 142 valence electrons. The summed E-state index contributed by atoms with van der Waals surface area (Å²) in [6.07, 6.45) is 1.41. The second kappa shape index (κ2) is 11.0. The van der Waals surface area contributed by atoms with Gasteiger partial charge in [-0.1, -0.05) is 6.07 Å². The molecule has 1 heterocycles. The van der Waals surface area contributed by atoms with Crippen molar-refractivity contribution in [1.29, 1.82) is 0 Å². The molecule has 0 spiro atoms. The zero-order valence-corrected chi connectivity index (χ0v) is 16.9. The second-order valence-corrected chi connectivity index (χ2v) is 7.80. The molecule has 1 aromatic heterocycles. The van der Waals surface area contributed by atoms with Crippen molar-refractivity contribution in [3.8, 4) is 0 Å². The first-order valence-corrected chi connectivity index (χ1v) is 9.68. The number of thiophene rings is 1. The van der Waals surface area contributed by atoms with E-state index in [-0.39, 0.29) is 6.09 Å². The molecule has 2 N–H and O–H groups in total. The number of aliphatic imine (C=N–C) groups is 1. The average Bonchev–Trinajstić information content (AvgIpc) is 3.03. The smallest absolute Gasteiger partial charge is 0.407 e. The lowest BCUT2D eigenvalue weighted by molar-refractivity contribution is 0.0527. The molecule has 0 saturated carbocycles. The van der Waals surface area contributed by atoms with Crippen LogP contribution in [0.5, 0.6) is 0 Å². The predicted molar refractivity (Wildman–Crippen MR) is 105 cm³/mol. The maximum Gasteiger partial charge on any atom is 0.407 e. The molecule has 1 amide bonds. The average molecular weight is 369 g/mol. The molecule has 0 saturated heterocycles. The molecule has 0 aliphatic heterocycles. The van der Waals surface area contributed by atoms with E-state index >= 15 is 0 Å². The van der Waals surface area contributed by atoms with Crippen molar-refractivity contribution in [2.24, 2.45) is 4.99 Å². The highest BCUT2D eigenvalue weighted by molar-refractivity contribution is 7.09. The van der Waals surface area contributed by atoms with Crippen LogP contribution in [0.4, 0.5) is 4.79 Å². The molecule has 25 heavy (non-hydrogen) atoms. The summed E-state index contributed by atoms with van der Waals surface area (Å²) in [7, 11) is 2.05. The Balaban J connectivity index is 2.33. The van der Waals surface area contributed by atoms with E-state index in [1.807, 2.05) is 27.8 Å². The second-order valence-electron chi connectivity index (χ2n) is 6.77. The molecule has 7 heteroatoms. The van der Waals surface area contributed by atoms with Gasteiger partial charge < -0.3 is 20.3 Å². The van der Waals surface area contributed by atoms with Crippen LogP contribution >= 0.6 is 11.3 Å². The number of carbonyl (C=O) groups is 1. The normalized spacial score (nSPS) is 12.0. The molecule has 0 radical (unpaired) electrons. The first-order chi connectivity index (χ1) is 11.8. The summed E-state index contributed by atoms with van der Waals surface area (Å²) in [6.45, 7) is 10.6. The van der Waals surface area contributed by atoms with Crippen LogP contribution < -0.4 is 10.6 Å². The molecule has 1 aromatic rings. The van der Waals surface area contributed by atoms with Crippen LogP contribution in [-0.4, -0.2) is 55.8 Å². The van der Waals surface area contributed by atoms with Crippen LogP contribution in [0.1, 0.15) is 39.0 Å². The number of alkyl carbamates (subject to hydrolysis) is 1. The van der Waals surface area contributed by atoms with Gasteiger partial charge in [-0.2, -0.15) is 0 Å². The molecule has 0 aromatic carbocycles. The summed E-state index contributed by atoms with van der Waals surface area (Å²) >= 11 is 1.78. The summed E-state index contributed by atoms with van der Waals surface area (Å²) in [6, 6.07) is 4.24. The highest BCUT2D eigenvalue weighted by atomic mass is 32.1. The molecule has 1 rings (SSSR count). The largest absolute Gasteiger partial charge is 0.444 e. The Morgan fingerprint density at radius 2 is 2.12 bits per heavy atom. The third-order valence-corrected chi connectivity index (χ3v) is 4.17. The fraction of sp³-hybridized carbons (Fsp3) is 0.667. The molecule has 0 aliphatic rings. The van der Waals surface area contributed by atoms with Crippen LogP contribution in [0, 0.1) is 0 Å². The minimum absolute atomic E-state index is 0.378. The van der Waals surface area contributed by atoms with Crippen LogP contribution in [0.25, 0.3) is 0 Å². The Kier molecular flexibility index (Phi) is 9.34. The van der Waals surface area contributed by atoms with Gasteiger partial charge in [0.15, 0.2) is 5.96 Å². The molecular weight excluding hydrogens is 336 g/mol. The quantitative estimate of drug-likeness (QED) is 0.420. The van der Waals surface area contributed by atoms with Crippen LogP contribution in [-0.2, 0) is 11.2 Å². The monoisotopic (exact) mass is 368 g/mol. The summed E-state index contributed by atoms with van der Waals surface area (Å²) in [5.74, 6) is 0.899. The number of likely N-dealkylation sites (N-methyl/N-ethyl adjacent to an activating group) is 1. The first-order valence-electron chi connectivity index (χ1n) is 8.80. The van der Waals surface area contributed by atoms with Gasteiger partial charge >= 0.3 is 6.09 Å². The summed E-state index contributed by atoms with van der Waals surface area (Å²) < 4.78 is 5.20. The number of carbonyl (C=O) groups excluding carboxylic acids is 1. The van der Waals surface area contributed by atoms with E-state index in [0.717, 1.165) is 31.9 Å². The van der Waals surface area contributed by atoms with Crippen molar-refractivity contribution in [3.05, 3.63) is 22.4 Å². The molecular formula is C18H32N4O2S. The Morgan fingerprint density at radius 3 is 2.72 bits per heavy atom. The zero-order valence-electron chi connectivity index (χ0n) is 16.1. The Morgan fingerprint density at radius 1 is 1.36 bits per heavy atom. The van der Waals surface area contributed by atoms with Crippen molar-refractivity contribution >= 4 is 23.4 Å². The molecule has 0 unspecified atom stereocenters. The maximum absolute atomic E-state index is 11.6. The lowest BCUT2D eigenvalue weighted by Gasteiger charge is -2.22. The number of nitrogens with zero attached hydrogens (tertiary/aromatic N) is 2. The van der Waals surface area contributed by atoms with Crippen LogP contribution in [0.15, 0.2) is 22.5 Å². The van der Waals surface area contributed by atoms with Gasteiger partial charge in [-0.25, -0.2) is 4.79 Å². The summed E-state index contributed by atoms with van der Waals surface area (Å²) in [5.41, 5.74) is -0.467. The number of rotatable bonds is 8. The van der Waals surface area contributed by atoms with E-state index in [1.54, 1.807) is 11.3 Å². The molecule has 0 bridgehead atoms.